The Kier molecular flexibility index (Phi) is 11.2. The zero-order chi connectivity index (χ0) is 31.4. The molecule has 3 rings (SSSR count). The van der Waals surface area contributed by atoms with Gasteiger partial charge in [0, 0.05) is 22.1 Å². The van der Waals surface area contributed by atoms with Gasteiger partial charge in [0.15, 0.2) is 0 Å². The summed E-state index contributed by atoms with van der Waals surface area (Å²) in [4.78, 5) is 28.9. The fraction of sp³-hybridized carbons (Fsp3) is 0.333. The van der Waals surface area contributed by atoms with Crippen LogP contribution in [0.4, 0.5) is 5.69 Å². The van der Waals surface area contributed by atoms with Crippen LogP contribution in [0.15, 0.2) is 65.6 Å². The smallest absolute Gasteiger partial charge is 0.264 e. The largest absolute Gasteiger partial charge is 0.350 e. The first-order valence-corrected chi connectivity index (χ1v) is 16.1. The molecule has 0 saturated heterocycles. The summed E-state index contributed by atoms with van der Waals surface area (Å²) in [5.41, 5.74) is 1.01. The summed E-state index contributed by atoms with van der Waals surface area (Å²) in [5, 5.41) is 3.93. The van der Waals surface area contributed by atoms with Crippen LogP contribution in [0.3, 0.4) is 0 Å². The molecule has 2 amide bonds. The molecule has 0 aliphatic rings. The van der Waals surface area contributed by atoms with Gasteiger partial charge in [-0.15, -0.1) is 0 Å². The Hall–Kier alpha value is -2.49. The number of nitrogens with one attached hydrogen (secondary N) is 1. The van der Waals surface area contributed by atoms with Crippen LogP contribution in [-0.4, -0.2) is 43.3 Å². The molecular formula is C30H33Cl4N3O4S. The lowest BCUT2D eigenvalue weighted by atomic mass is 10.1. The third-order valence-corrected chi connectivity index (χ3v) is 9.21. The van der Waals surface area contributed by atoms with Crippen molar-refractivity contribution in [3.8, 4) is 0 Å². The van der Waals surface area contributed by atoms with Gasteiger partial charge in [0.05, 0.1) is 20.6 Å². The summed E-state index contributed by atoms with van der Waals surface area (Å²) in [6.07, 6.45) is 0.267. The Bertz CT molecular complexity index is 1540. The van der Waals surface area contributed by atoms with E-state index in [1.54, 1.807) is 37.3 Å². The highest BCUT2D eigenvalue weighted by Gasteiger charge is 2.35. The lowest BCUT2D eigenvalue weighted by Crippen LogP contribution is -2.55. The van der Waals surface area contributed by atoms with Gasteiger partial charge in [-0.2, -0.15) is 0 Å². The lowest BCUT2D eigenvalue weighted by Gasteiger charge is -2.35. The summed E-state index contributed by atoms with van der Waals surface area (Å²) in [6, 6.07) is 14.5. The van der Waals surface area contributed by atoms with Gasteiger partial charge in [-0.3, -0.25) is 13.9 Å². The normalized spacial score (nSPS) is 12.5. The van der Waals surface area contributed by atoms with Crippen molar-refractivity contribution < 1.29 is 18.0 Å². The predicted octanol–water partition coefficient (Wildman–Crippen LogP) is 7.53. The minimum atomic E-state index is -4.27. The maximum absolute atomic E-state index is 14.2. The van der Waals surface area contributed by atoms with Crippen molar-refractivity contribution in [2.45, 2.75) is 64.1 Å². The predicted molar refractivity (Wildman–Crippen MR) is 171 cm³/mol. The first-order chi connectivity index (χ1) is 19.5. The maximum Gasteiger partial charge on any atom is 0.264 e. The SMILES string of the molecule is CCC(C(=O)NC(C)(C)C)N(Cc1ccc(Cl)c(Cl)c1)C(=O)CN(c1cc(Cl)cc(Cl)c1)S(=O)(=O)c1ccc(C)cc1. The van der Waals surface area contributed by atoms with Crippen LogP contribution >= 0.6 is 46.4 Å². The van der Waals surface area contributed by atoms with E-state index in [1.807, 2.05) is 27.7 Å². The van der Waals surface area contributed by atoms with E-state index in [1.165, 1.54) is 35.2 Å². The topological polar surface area (TPSA) is 86.8 Å². The molecule has 3 aromatic rings. The first-order valence-electron chi connectivity index (χ1n) is 13.1. The molecule has 1 atom stereocenters. The molecule has 7 nitrogen and oxygen atoms in total. The Morgan fingerprint density at radius 2 is 1.48 bits per heavy atom. The van der Waals surface area contributed by atoms with Gasteiger partial charge >= 0.3 is 0 Å². The van der Waals surface area contributed by atoms with Crippen LogP contribution in [-0.2, 0) is 26.2 Å². The number of aryl methyl sites for hydroxylation is 1. The van der Waals surface area contributed by atoms with Gasteiger partial charge in [0.2, 0.25) is 11.8 Å². The molecule has 12 heteroatoms. The number of carbonyl (C=O) groups is 2. The molecule has 3 aromatic carbocycles. The fourth-order valence-corrected chi connectivity index (χ4v) is 6.49. The van der Waals surface area contributed by atoms with Crippen molar-refractivity contribution in [2.75, 3.05) is 10.8 Å². The van der Waals surface area contributed by atoms with Gasteiger partial charge in [0.1, 0.15) is 12.6 Å². The van der Waals surface area contributed by atoms with Crippen molar-refractivity contribution in [1.29, 1.82) is 0 Å². The van der Waals surface area contributed by atoms with E-state index in [-0.39, 0.29) is 44.5 Å². The molecule has 0 aromatic heterocycles. The Morgan fingerprint density at radius 3 is 2.00 bits per heavy atom. The Morgan fingerprint density at radius 1 is 0.881 bits per heavy atom. The molecule has 0 radical (unpaired) electrons. The van der Waals surface area contributed by atoms with E-state index in [2.05, 4.69) is 5.32 Å². The van der Waals surface area contributed by atoms with Crippen LogP contribution in [0, 0.1) is 6.92 Å². The third kappa shape index (κ3) is 8.77. The lowest BCUT2D eigenvalue weighted by molar-refractivity contribution is -0.141. The van der Waals surface area contributed by atoms with Crippen LogP contribution in [0.5, 0.6) is 0 Å². The van der Waals surface area contributed by atoms with Crippen molar-refractivity contribution in [1.82, 2.24) is 10.2 Å². The number of sulfonamides is 1. The molecule has 226 valence electrons. The number of hydrogen-bond acceptors (Lipinski definition) is 4. The number of anilines is 1. The van der Waals surface area contributed by atoms with Crippen molar-refractivity contribution >= 4 is 73.9 Å². The van der Waals surface area contributed by atoms with Gasteiger partial charge in [-0.1, -0.05) is 77.1 Å². The zero-order valence-electron chi connectivity index (χ0n) is 23.9. The number of halogens is 4. The Balaban J connectivity index is 2.12. The summed E-state index contributed by atoms with van der Waals surface area (Å²) < 4.78 is 28.9. The second-order valence-corrected chi connectivity index (χ2v) is 14.4. The average Bonchev–Trinajstić information content (AvgIpc) is 2.87. The van der Waals surface area contributed by atoms with Gasteiger partial charge < -0.3 is 10.2 Å². The van der Waals surface area contributed by atoms with Crippen molar-refractivity contribution in [3.05, 3.63) is 91.9 Å². The van der Waals surface area contributed by atoms with Gasteiger partial charge in [-0.25, -0.2) is 8.42 Å². The van der Waals surface area contributed by atoms with Crippen LogP contribution in [0.25, 0.3) is 0 Å². The highest BCUT2D eigenvalue weighted by Crippen LogP contribution is 2.31. The maximum atomic E-state index is 14.2. The molecule has 0 heterocycles. The summed E-state index contributed by atoms with van der Waals surface area (Å²) >= 11 is 24.8. The molecule has 0 bridgehead atoms. The van der Waals surface area contributed by atoms with E-state index in [0.717, 1.165) is 9.87 Å². The second-order valence-electron chi connectivity index (χ2n) is 10.9. The number of carbonyl (C=O) groups excluding carboxylic acids is 2. The quantitative estimate of drug-likeness (QED) is 0.241. The molecule has 0 aliphatic heterocycles. The van der Waals surface area contributed by atoms with Crippen LogP contribution < -0.4 is 9.62 Å². The van der Waals surface area contributed by atoms with E-state index >= 15 is 0 Å². The van der Waals surface area contributed by atoms with Gasteiger partial charge in [-0.05, 0) is 82.1 Å². The molecular weight excluding hydrogens is 640 g/mol. The Labute approximate surface area is 267 Å². The fourth-order valence-electron chi connectivity index (χ4n) is 4.26. The van der Waals surface area contributed by atoms with Crippen molar-refractivity contribution in [3.63, 3.8) is 0 Å². The molecule has 1 unspecified atom stereocenters. The first kappa shape index (κ1) is 34.0. The number of rotatable bonds is 10. The molecule has 0 fully saturated rings. The monoisotopic (exact) mass is 671 g/mol. The van der Waals surface area contributed by atoms with E-state index in [0.29, 0.717) is 10.6 Å². The van der Waals surface area contributed by atoms with E-state index in [9.17, 15) is 18.0 Å². The summed E-state index contributed by atoms with van der Waals surface area (Å²) in [5.74, 6) is -0.999. The molecule has 0 aliphatic carbocycles. The summed E-state index contributed by atoms with van der Waals surface area (Å²) in [6.45, 7) is 8.46. The van der Waals surface area contributed by atoms with E-state index in [4.69, 9.17) is 46.4 Å². The van der Waals surface area contributed by atoms with Crippen molar-refractivity contribution in [2.24, 2.45) is 0 Å². The molecule has 0 spiro atoms. The minimum absolute atomic E-state index is 0.0226. The average molecular weight is 673 g/mol. The van der Waals surface area contributed by atoms with E-state index < -0.39 is 34.1 Å². The van der Waals surface area contributed by atoms with Crippen LogP contribution in [0.2, 0.25) is 20.1 Å². The second kappa shape index (κ2) is 13.9. The highest BCUT2D eigenvalue weighted by molar-refractivity contribution is 7.92. The van der Waals surface area contributed by atoms with Gasteiger partial charge in [0.25, 0.3) is 10.0 Å². The number of amides is 2. The number of nitrogens with zero attached hydrogens (tertiary/aromatic N) is 2. The van der Waals surface area contributed by atoms with Crippen LogP contribution in [0.1, 0.15) is 45.2 Å². The number of benzene rings is 3. The number of hydrogen-bond donors (Lipinski definition) is 1. The summed E-state index contributed by atoms with van der Waals surface area (Å²) in [7, 11) is -4.27. The third-order valence-electron chi connectivity index (χ3n) is 6.24. The zero-order valence-corrected chi connectivity index (χ0v) is 27.8. The molecule has 42 heavy (non-hydrogen) atoms. The molecule has 1 N–H and O–H groups in total. The molecule has 0 saturated carbocycles. The highest BCUT2D eigenvalue weighted by atomic mass is 35.5. The standard InChI is InChI=1S/C30H33Cl4N3O4S/c1-6-27(29(39)35-30(3,4)5)36(17-20-9-12-25(33)26(34)13-20)28(38)18-37(23-15-21(31)14-22(32)16-23)42(40,41)24-10-7-19(2)8-11-24/h7-16,27H,6,17-18H2,1-5H3,(H,35,39). The minimum Gasteiger partial charge on any atom is -0.350 e.